The molecule has 0 radical (unpaired) electrons. The smallest absolute Gasteiger partial charge is 0.337 e. The zero-order valence-corrected chi connectivity index (χ0v) is 16.6. The molecule has 0 aliphatic carbocycles. The third-order valence-electron chi connectivity index (χ3n) is 4.65. The van der Waals surface area contributed by atoms with Crippen LogP contribution in [0.15, 0.2) is 30.3 Å². The van der Waals surface area contributed by atoms with Crippen molar-refractivity contribution in [2.45, 2.75) is 13.8 Å². The van der Waals surface area contributed by atoms with E-state index in [4.69, 9.17) is 0 Å². The summed E-state index contributed by atoms with van der Waals surface area (Å²) in [7, 11) is 1.33. The zero-order valence-electron chi connectivity index (χ0n) is 16.6. The van der Waals surface area contributed by atoms with Crippen LogP contribution in [-0.2, 0) is 9.53 Å². The Bertz CT molecular complexity index is 921. The van der Waals surface area contributed by atoms with Crippen molar-refractivity contribution in [1.82, 2.24) is 19.8 Å². The molecule has 2 amide bonds. The fourth-order valence-corrected chi connectivity index (χ4v) is 3.06. The molecule has 0 unspecified atom stereocenters. The molecule has 1 aromatic heterocycles. The van der Waals surface area contributed by atoms with Gasteiger partial charge in [-0.2, -0.15) is 0 Å². The summed E-state index contributed by atoms with van der Waals surface area (Å²) in [6.07, 6.45) is 0. The summed E-state index contributed by atoms with van der Waals surface area (Å²) in [6.45, 7) is 5.29. The van der Waals surface area contributed by atoms with Gasteiger partial charge in [0.2, 0.25) is 11.9 Å². The van der Waals surface area contributed by atoms with Gasteiger partial charge in [0.15, 0.2) is 0 Å². The van der Waals surface area contributed by atoms with E-state index in [1.807, 2.05) is 0 Å². The van der Waals surface area contributed by atoms with E-state index < -0.39 is 5.97 Å². The van der Waals surface area contributed by atoms with E-state index >= 15 is 0 Å². The molecule has 0 atom stereocenters. The summed E-state index contributed by atoms with van der Waals surface area (Å²) in [6, 6.07) is 8.32. The van der Waals surface area contributed by atoms with E-state index in [1.54, 1.807) is 47.1 Å². The highest BCUT2D eigenvalue weighted by Gasteiger charge is 2.24. The monoisotopic (exact) mass is 397 g/mol. The average molecular weight is 397 g/mol. The molecule has 2 aromatic rings. The van der Waals surface area contributed by atoms with Gasteiger partial charge in [-0.05, 0) is 37.3 Å². The number of carbonyl (C=O) groups is 3. The Kier molecular flexibility index (Phi) is 6.06. The lowest BCUT2D eigenvalue weighted by Gasteiger charge is -2.34. The first-order chi connectivity index (χ1) is 13.9. The number of esters is 1. The molecule has 9 nitrogen and oxygen atoms in total. The van der Waals surface area contributed by atoms with Gasteiger partial charge in [0.05, 0.1) is 12.7 Å². The molecule has 0 spiro atoms. The number of ether oxygens (including phenoxy) is 1. The summed E-state index contributed by atoms with van der Waals surface area (Å²) in [4.78, 5) is 47.9. The summed E-state index contributed by atoms with van der Waals surface area (Å²) >= 11 is 0. The quantitative estimate of drug-likeness (QED) is 0.782. The Labute approximate surface area is 168 Å². The highest BCUT2D eigenvalue weighted by atomic mass is 16.5. The van der Waals surface area contributed by atoms with Gasteiger partial charge in [-0.3, -0.25) is 9.59 Å². The fourth-order valence-electron chi connectivity index (χ4n) is 3.06. The number of aromatic nitrogens is 2. The molecule has 0 bridgehead atoms. The van der Waals surface area contributed by atoms with Crippen LogP contribution in [0.25, 0.3) is 0 Å². The summed E-state index contributed by atoms with van der Waals surface area (Å²) in [5.41, 5.74) is 2.06. The van der Waals surface area contributed by atoms with Crippen LogP contribution in [0, 0.1) is 6.92 Å². The largest absolute Gasteiger partial charge is 0.465 e. The predicted molar refractivity (Wildman–Crippen MR) is 106 cm³/mol. The number of amides is 2. The van der Waals surface area contributed by atoms with Crippen molar-refractivity contribution in [3.05, 3.63) is 47.3 Å². The number of nitrogens with zero attached hydrogens (tertiary/aromatic N) is 4. The van der Waals surface area contributed by atoms with Crippen molar-refractivity contribution in [2.75, 3.05) is 38.6 Å². The highest BCUT2D eigenvalue weighted by molar-refractivity contribution is 5.93. The van der Waals surface area contributed by atoms with Crippen molar-refractivity contribution in [3.63, 3.8) is 0 Å². The minimum absolute atomic E-state index is 0.0136. The molecule has 1 fully saturated rings. The van der Waals surface area contributed by atoms with Gasteiger partial charge < -0.3 is 19.9 Å². The predicted octanol–water partition coefficient (Wildman–Crippen LogP) is 1.62. The molecule has 2 heterocycles. The number of aryl methyl sites for hydroxylation is 1. The molecular weight excluding hydrogens is 374 g/mol. The van der Waals surface area contributed by atoms with Gasteiger partial charge in [-0.15, -0.1) is 0 Å². The van der Waals surface area contributed by atoms with E-state index in [0.29, 0.717) is 54.8 Å². The first-order valence-electron chi connectivity index (χ1n) is 9.23. The number of anilines is 2. The normalized spacial score (nSPS) is 13.8. The van der Waals surface area contributed by atoms with Crippen LogP contribution < -0.4 is 5.32 Å². The van der Waals surface area contributed by atoms with Crippen LogP contribution >= 0.6 is 0 Å². The van der Waals surface area contributed by atoms with Gasteiger partial charge in [0, 0.05) is 44.5 Å². The summed E-state index contributed by atoms with van der Waals surface area (Å²) in [5.74, 6) is -0.301. The lowest BCUT2D eigenvalue weighted by atomic mass is 10.2. The van der Waals surface area contributed by atoms with Crippen molar-refractivity contribution >= 4 is 29.4 Å². The molecule has 1 N–H and O–H groups in total. The lowest BCUT2D eigenvalue weighted by Crippen LogP contribution is -2.50. The Morgan fingerprint density at radius 1 is 1.00 bits per heavy atom. The second kappa shape index (κ2) is 8.68. The molecule has 1 aliphatic heterocycles. The number of rotatable bonds is 4. The number of hydrogen-bond donors (Lipinski definition) is 1. The second-order valence-corrected chi connectivity index (χ2v) is 6.71. The van der Waals surface area contributed by atoms with Crippen LogP contribution in [0.2, 0.25) is 0 Å². The molecule has 9 heteroatoms. The maximum atomic E-state index is 12.8. The maximum Gasteiger partial charge on any atom is 0.337 e. The third-order valence-corrected chi connectivity index (χ3v) is 4.65. The Hall–Kier alpha value is -3.49. The van der Waals surface area contributed by atoms with E-state index in [-0.39, 0.29) is 11.8 Å². The van der Waals surface area contributed by atoms with Gasteiger partial charge >= 0.3 is 5.97 Å². The van der Waals surface area contributed by atoms with Crippen LogP contribution in [0.4, 0.5) is 11.6 Å². The van der Waals surface area contributed by atoms with Gasteiger partial charge in [0.25, 0.3) is 5.91 Å². The Morgan fingerprint density at radius 2 is 1.62 bits per heavy atom. The zero-order chi connectivity index (χ0) is 21.0. The lowest BCUT2D eigenvalue weighted by molar-refractivity contribution is -0.130. The van der Waals surface area contributed by atoms with Gasteiger partial charge in [-0.1, -0.05) is 0 Å². The topological polar surface area (TPSA) is 105 Å². The molecule has 1 saturated heterocycles. The second-order valence-electron chi connectivity index (χ2n) is 6.71. The van der Waals surface area contributed by atoms with Crippen molar-refractivity contribution in [2.24, 2.45) is 0 Å². The number of nitrogens with one attached hydrogen (secondary N) is 1. The molecule has 152 valence electrons. The molecule has 3 rings (SSSR count). The molecule has 29 heavy (non-hydrogen) atoms. The number of piperazine rings is 1. The standard InChI is InChI=1S/C20H23N5O4/c1-13-12-17(18(27)25-10-8-24(9-11-25)14(2)26)23-20(21-13)22-16-6-4-15(5-7-16)19(28)29-3/h4-7,12H,8-11H2,1-3H3,(H,21,22,23). The van der Waals surface area contributed by atoms with Crippen LogP contribution in [-0.4, -0.2) is 70.8 Å². The number of methoxy groups -OCH3 is 1. The Balaban J connectivity index is 1.72. The van der Waals surface area contributed by atoms with E-state index in [1.165, 1.54) is 14.0 Å². The number of hydrogen-bond acceptors (Lipinski definition) is 7. The fraction of sp³-hybridized carbons (Fsp3) is 0.350. The van der Waals surface area contributed by atoms with Crippen LogP contribution in [0.3, 0.4) is 0 Å². The van der Waals surface area contributed by atoms with Crippen LogP contribution in [0.1, 0.15) is 33.5 Å². The first kappa shape index (κ1) is 20.2. The van der Waals surface area contributed by atoms with Crippen molar-refractivity contribution in [3.8, 4) is 0 Å². The third kappa shape index (κ3) is 4.87. The highest BCUT2D eigenvalue weighted by Crippen LogP contribution is 2.17. The maximum absolute atomic E-state index is 12.8. The minimum Gasteiger partial charge on any atom is -0.465 e. The van der Waals surface area contributed by atoms with E-state index in [9.17, 15) is 14.4 Å². The Morgan fingerprint density at radius 3 is 2.21 bits per heavy atom. The minimum atomic E-state index is -0.416. The van der Waals surface area contributed by atoms with Gasteiger partial charge in [0.1, 0.15) is 5.69 Å². The average Bonchev–Trinajstić information content (AvgIpc) is 2.72. The summed E-state index contributed by atoms with van der Waals surface area (Å²) < 4.78 is 4.68. The number of benzene rings is 1. The molecule has 0 saturated carbocycles. The summed E-state index contributed by atoms with van der Waals surface area (Å²) in [5, 5.41) is 3.05. The van der Waals surface area contributed by atoms with Crippen LogP contribution in [0.5, 0.6) is 0 Å². The molecule has 1 aliphatic rings. The molecule has 1 aromatic carbocycles. The number of carbonyl (C=O) groups excluding carboxylic acids is 3. The first-order valence-corrected chi connectivity index (χ1v) is 9.23. The van der Waals surface area contributed by atoms with E-state index in [2.05, 4.69) is 20.0 Å². The van der Waals surface area contributed by atoms with Crippen molar-refractivity contribution < 1.29 is 19.1 Å². The molecular formula is C20H23N5O4. The SMILES string of the molecule is COC(=O)c1ccc(Nc2nc(C)cc(C(=O)N3CCN(C(C)=O)CC3)n2)cc1. The van der Waals surface area contributed by atoms with Crippen molar-refractivity contribution in [1.29, 1.82) is 0 Å². The van der Waals surface area contributed by atoms with Gasteiger partial charge in [-0.25, -0.2) is 14.8 Å². The van der Waals surface area contributed by atoms with E-state index in [0.717, 1.165) is 0 Å².